The molecule has 1 aliphatic heterocycles. The number of nitrogens with zero attached hydrogens (tertiary/aromatic N) is 2. The highest BCUT2D eigenvalue weighted by molar-refractivity contribution is 5.79. The van der Waals surface area contributed by atoms with Gasteiger partial charge >= 0.3 is 0 Å². The van der Waals surface area contributed by atoms with Gasteiger partial charge in [-0.15, -0.1) is 0 Å². The van der Waals surface area contributed by atoms with Gasteiger partial charge in [-0.05, 0) is 50.9 Å². The summed E-state index contributed by atoms with van der Waals surface area (Å²) in [6.07, 6.45) is 3.17. The molecule has 7 heteroatoms. The average molecular weight is 407 g/mol. The molecule has 2 rings (SSSR count). The number of hydrogen-bond donors (Lipinski definition) is 2. The summed E-state index contributed by atoms with van der Waals surface area (Å²) in [5.74, 6) is 1.73. The predicted molar refractivity (Wildman–Crippen MR) is 118 cm³/mol. The van der Waals surface area contributed by atoms with Gasteiger partial charge in [-0.2, -0.15) is 0 Å². The van der Waals surface area contributed by atoms with E-state index in [1.165, 1.54) is 0 Å². The largest absolute Gasteiger partial charge is 0.492 e. The molecule has 2 N–H and O–H groups in total. The molecule has 0 bridgehead atoms. The maximum atomic E-state index is 5.99. The molecule has 1 fully saturated rings. The second-order valence-corrected chi connectivity index (χ2v) is 7.29. The summed E-state index contributed by atoms with van der Waals surface area (Å²) >= 11 is 0. The van der Waals surface area contributed by atoms with Gasteiger partial charge in [-0.25, -0.2) is 4.99 Å². The van der Waals surface area contributed by atoms with Gasteiger partial charge in [0.1, 0.15) is 12.4 Å². The number of likely N-dealkylation sites (N-methyl/N-ethyl adjacent to an activating group) is 1. The molecule has 0 unspecified atom stereocenters. The summed E-state index contributed by atoms with van der Waals surface area (Å²) < 4.78 is 16.5. The fourth-order valence-corrected chi connectivity index (χ4v) is 3.28. The van der Waals surface area contributed by atoms with Crippen LogP contribution in [0.5, 0.6) is 5.75 Å². The summed E-state index contributed by atoms with van der Waals surface area (Å²) in [6, 6.07) is 8.80. The number of aliphatic imine (C=N–C) groups is 1. The van der Waals surface area contributed by atoms with E-state index in [-0.39, 0.29) is 0 Å². The van der Waals surface area contributed by atoms with Gasteiger partial charge in [0, 0.05) is 52.6 Å². The van der Waals surface area contributed by atoms with Crippen molar-refractivity contribution in [3.8, 4) is 5.75 Å². The summed E-state index contributed by atoms with van der Waals surface area (Å²) in [6.45, 7) is 8.44. The first-order chi connectivity index (χ1) is 14.2. The fourth-order valence-electron chi connectivity index (χ4n) is 3.28. The van der Waals surface area contributed by atoms with E-state index in [2.05, 4.69) is 46.6 Å². The molecular weight excluding hydrogens is 368 g/mol. The lowest BCUT2D eigenvalue weighted by Gasteiger charge is -2.31. The van der Waals surface area contributed by atoms with Gasteiger partial charge in [0.15, 0.2) is 5.96 Å². The van der Waals surface area contributed by atoms with Crippen LogP contribution in [0.4, 0.5) is 0 Å². The van der Waals surface area contributed by atoms with Crippen LogP contribution in [-0.2, 0) is 16.0 Å². The van der Waals surface area contributed by atoms with Gasteiger partial charge < -0.3 is 24.8 Å². The van der Waals surface area contributed by atoms with Gasteiger partial charge in [-0.1, -0.05) is 12.1 Å². The van der Waals surface area contributed by atoms with Crippen molar-refractivity contribution in [2.45, 2.75) is 38.8 Å². The molecule has 0 saturated carbocycles. The quantitative estimate of drug-likeness (QED) is 0.315. The number of guanidine groups is 1. The summed E-state index contributed by atoms with van der Waals surface area (Å²) in [5.41, 5.74) is 1.13. The molecule has 0 aromatic heterocycles. The maximum absolute atomic E-state index is 5.99. The van der Waals surface area contributed by atoms with Crippen molar-refractivity contribution in [3.63, 3.8) is 0 Å². The van der Waals surface area contributed by atoms with Crippen molar-refractivity contribution in [2.24, 2.45) is 4.99 Å². The van der Waals surface area contributed by atoms with Crippen molar-refractivity contribution in [1.29, 1.82) is 0 Å². The lowest BCUT2D eigenvalue weighted by molar-refractivity contribution is 0.0392. The lowest BCUT2D eigenvalue weighted by atomic mass is 10.1. The van der Waals surface area contributed by atoms with E-state index in [1.807, 2.05) is 12.1 Å². The number of rotatable bonds is 12. The molecule has 1 saturated heterocycles. The lowest BCUT2D eigenvalue weighted by Crippen LogP contribution is -2.38. The molecule has 0 atom stereocenters. The van der Waals surface area contributed by atoms with Crippen LogP contribution < -0.4 is 15.4 Å². The zero-order valence-electron chi connectivity index (χ0n) is 18.3. The fraction of sp³-hybridized carbons (Fsp3) is 0.682. The molecule has 1 heterocycles. The zero-order chi connectivity index (χ0) is 20.7. The van der Waals surface area contributed by atoms with Gasteiger partial charge in [0.25, 0.3) is 0 Å². The number of ether oxygens (including phenoxy) is 3. The zero-order valence-corrected chi connectivity index (χ0v) is 18.3. The van der Waals surface area contributed by atoms with Crippen LogP contribution in [0.1, 0.15) is 31.7 Å². The third-order valence-electron chi connectivity index (χ3n) is 5.01. The molecular formula is C22H38N4O3. The molecule has 7 nitrogen and oxygen atoms in total. The first-order valence-corrected chi connectivity index (χ1v) is 10.7. The van der Waals surface area contributed by atoms with Crippen LogP contribution in [0, 0.1) is 0 Å². The van der Waals surface area contributed by atoms with Crippen LogP contribution in [0.3, 0.4) is 0 Å². The third-order valence-corrected chi connectivity index (χ3v) is 5.01. The number of methoxy groups -OCH3 is 1. The first-order valence-electron chi connectivity index (χ1n) is 10.7. The first kappa shape index (κ1) is 23.4. The number of nitrogens with one attached hydrogen (secondary N) is 2. The highest BCUT2D eigenvalue weighted by atomic mass is 16.5. The second-order valence-electron chi connectivity index (χ2n) is 7.29. The van der Waals surface area contributed by atoms with Crippen LogP contribution >= 0.6 is 0 Å². The average Bonchev–Trinajstić information content (AvgIpc) is 2.76. The topological polar surface area (TPSA) is 67.4 Å². The highest BCUT2D eigenvalue weighted by Crippen LogP contribution is 2.15. The van der Waals surface area contributed by atoms with Gasteiger partial charge in [0.05, 0.1) is 6.54 Å². The minimum atomic E-state index is 0.605. The molecule has 164 valence electrons. The minimum absolute atomic E-state index is 0.605. The molecule has 1 aromatic carbocycles. The molecule has 1 aliphatic rings. The highest BCUT2D eigenvalue weighted by Gasteiger charge is 2.17. The molecule has 0 spiro atoms. The number of benzene rings is 1. The predicted octanol–water partition coefficient (Wildman–Crippen LogP) is 2.27. The smallest absolute Gasteiger partial charge is 0.191 e. The standard InChI is InChI=1S/C22H38N4O3/c1-4-23-22(24-11-6-13-27-3)25-18-19-7-5-8-21(17-19)29-16-12-26(2)20-9-14-28-15-10-20/h5,7-8,17,20H,4,6,9-16,18H2,1-3H3,(H2,23,24,25). The third kappa shape index (κ3) is 9.47. The van der Waals surface area contributed by atoms with Gasteiger partial charge in [0.2, 0.25) is 0 Å². The van der Waals surface area contributed by atoms with E-state index < -0.39 is 0 Å². The Kier molecular flexibility index (Phi) is 11.5. The van der Waals surface area contributed by atoms with Gasteiger partial charge in [-0.3, -0.25) is 4.90 Å². The molecule has 29 heavy (non-hydrogen) atoms. The summed E-state index contributed by atoms with van der Waals surface area (Å²) in [7, 11) is 3.89. The van der Waals surface area contributed by atoms with Crippen molar-refractivity contribution in [2.75, 3.05) is 60.2 Å². The Morgan fingerprint density at radius 3 is 2.83 bits per heavy atom. The Morgan fingerprint density at radius 2 is 2.07 bits per heavy atom. The van der Waals surface area contributed by atoms with E-state index in [9.17, 15) is 0 Å². The Balaban J connectivity index is 1.77. The summed E-state index contributed by atoms with van der Waals surface area (Å²) in [5, 5.41) is 6.61. The Hall–Kier alpha value is -1.83. The van der Waals surface area contributed by atoms with Crippen molar-refractivity contribution in [1.82, 2.24) is 15.5 Å². The van der Waals surface area contributed by atoms with Crippen LogP contribution in [0.15, 0.2) is 29.3 Å². The van der Waals surface area contributed by atoms with E-state index in [0.29, 0.717) is 19.2 Å². The number of hydrogen-bond acceptors (Lipinski definition) is 5. The van der Waals surface area contributed by atoms with E-state index >= 15 is 0 Å². The molecule has 0 amide bonds. The molecule has 0 radical (unpaired) electrons. The van der Waals surface area contributed by atoms with Crippen molar-refractivity contribution >= 4 is 5.96 Å². The Labute approximate surface area is 175 Å². The molecule has 1 aromatic rings. The monoisotopic (exact) mass is 406 g/mol. The Bertz CT molecular complexity index is 591. The van der Waals surface area contributed by atoms with E-state index in [0.717, 1.165) is 76.0 Å². The van der Waals surface area contributed by atoms with Crippen molar-refractivity contribution < 1.29 is 14.2 Å². The minimum Gasteiger partial charge on any atom is -0.492 e. The van der Waals surface area contributed by atoms with Crippen LogP contribution in [0.2, 0.25) is 0 Å². The molecule has 0 aliphatic carbocycles. The SMILES string of the molecule is CCNC(=NCc1cccc(OCCN(C)C2CCOCC2)c1)NCCCOC. The van der Waals surface area contributed by atoms with Crippen molar-refractivity contribution in [3.05, 3.63) is 29.8 Å². The van der Waals surface area contributed by atoms with E-state index in [1.54, 1.807) is 7.11 Å². The van der Waals surface area contributed by atoms with E-state index in [4.69, 9.17) is 14.2 Å². The maximum Gasteiger partial charge on any atom is 0.191 e. The second kappa shape index (κ2) is 14.2. The normalized spacial score (nSPS) is 15.5. The Morgan fingerprint density at radius 1 is 1.24 bits per heavy atom. The van der Waals surface area contributed by atoms with Crippen LogP contribution in [0.25, 0.3) is 0 Å². The summed E-state index contributed by atoms with van der Waals surface area (Å²) in [4.78, 5) is 7.05. The van der Waals surface area contributed by atoms with Crippen LogP contribution in [-0.4, -0.2) is 77.1 Å².